The molecule has 2 saturated heterocycles. The first kappa shape index (κ1) is 22.3. The van der Waals surface area contributed by atoms with Crippen LogP contribution < -0.4 is 11.1 Å². The number of guanidine groups is 1. The van der Waals surface area contributed by atoms with Gasteiger partial charge in [0.05, 0.1) is 12.6 Å². The standard InChI is InChI=1S/C19H36N6O3/c1-4-28-19(27)25-13-8-15(9-14-25)22-18(20)21-10-6-12-24-11-5-7-16(24)17(26)23(2)3/h15-16H,4-14H2,1-3H3,(H3,20,21,22). The molecule has 28 heavy (non-hydrogen) atoms. The van der Waals surface area contributed by atoms with Gasteiger partial charge in [-0.05, 0) is 45.6 Å². The van der Waals surface area contributed by atoms with Gasteiger partial charge < -0.3 is 25.6 Å². The van der Waals surface area contributed by atoms with Gasteiger partial charge >= 0.3 is 6.09 Å². The van der Waals surface area contributed by atoms with Crippen LogP contribution >= 0.6 is 0 Å². The molecular weight excluding hydrogens is 360 g/mol. The van der Waals surface area contributed by atoms with Crippen LogP contribution in [0, 0.1) is 0 Å². The van der Waals surface area contributed by atoms with E-state index in [4.69, 9.17) is 10.5 Å². The Balaban J connectivity index is 1.65. The highest BCUT2D eigenvalue weighted by Crippen LogP contribution is 2.18. The smallest absolute Gasteiger partial charge is 0.409 e. The summed E-state index contributed by atoms with van der Waals surface area (Å²) < 4.78 is 5.03. The fraction of sp³-hybridized carbons (Fsp3) is 0.842. The molecule has 0 aromatic carbocycles. The number of hydrogen-bond donors (Lipinski definition) is 2. The molecule has 2 heterocycles. The van der Waals surface area contributed by atoms with E-state index in [0.717, 1.165) is 45.2 Å². The van der Waals surface area contributed by atoms with Gasteiger partial charge in [-0.1, -0.05) is 0 Å². The van der Waals surface area contributed by atoms with Crippen molar-refractivity contribution in [3.05, 3.63) is 0 Å². The van der Waals surface area contributed by atoms with E-state index in [2.05, 4.69) is 15.2 Å². The normalized spacial score (nSPS) is 21.6. The Bertz CT molecular complexity index is 546. The van der Waals surface area contributed by atoms with Crippen molar-refractivity contribution in [1.82, 2.24) is 20.0 Å². The molecular formula is C19H36N6O3. The number of nitrogens with zero attached hydrogens (tertiary/aromatic N) is 4. The van der Waals surface area contributed by atoms with Crippen molar-refractivity contribution in [2.75, 3.05) is 53.4 Å². The molecule has 2 fully saturated rings. The minimum absolute atomic E-state index is 0.0130. The van der Waals surface area contributed by atoms with Crippen molar-refractivity contribution >= 4 is 18.0 Å². The largest absolute Gasteiger partial charge is 0.450 e. The Morgan fingerprint density at radius 3 is 2.57 bits per heavy atom. The highest BCUT2D eigenvalue weighted by atomic mass is 16.6. The average molecular weight is 397 g/mol. The first-order valence-electron chi connectivity index (χ1n) is 10.4. The molecule has 1 unspecified atom stereocenters. The lowest BCUT2D eigenvalue weighted by molar-refractivity contribution is -0.133. The second kappa shape index (κ2) is 11.1. The molecule has 160 valence electrons. The van der Waals surface area contributed by atoms with Crippen LogP contribution in [0.2, 0.25) is 0 Å². The molecule has 9 heteroatoms. The second-order valence-corrected chi connectivity index (χ2v) is 7.65. The molecule has 2 aliphatic rings. The lowest BCUT2D eigenvalue weighted by atomic mass is 10.1. The third kappa shape index (κ3) is 6.54. The van der Waals surface area contributed by atoms with Crippen LogP contribution in [0.1, 0.15) is 39.0 Å². The Labute approximate surface area is 168 Å². The number of likely N-dealkylation sites (N-methyl/N-ethyl adjacent to an activating group) is 1. The molecule has 0 saturated carbocycles. The van der Waals surface area contributed by atoms with Gasteiger partial charge in [0.25, 0.3) is 0 Å². The van der Waals surface area contributed by atoms with E-state index >= 15 is 0 Å². The van der Waals surface area contributed by atoms with Crippen molar-refractivity contribution < 1.29 is 14.3 Å². The zero-order chi connectivity index (χ0) is 20.5. The van der Waals surface area contributed by atoms with Crippen LogP contribution in [0.5, 0.6) is 0 Å². The number of nitrogens with two attached hydrogens (primary N) is 1. The predicted octanol–water partition coefficient (Wildman–Crippen LogP) is 0.454. The SMILES string of the molecule is CCOC(=O)N1CCC(NC(N)=NCCCN2CCCC2C(=O)N(C)C)CC1. The first-order valence-corrected chi connectivity index (χ1v) is 10.4. The number of piperidine rings is 1. The molecule has 0 aliphatic carbocycles. The van der Waals surface area contributed by atoms with Gasteiger partial charge in [0.1, 0.15) is 0 Å². The highest BCUT2D eigenvalue weighted by Gasteiger charge is 2.31. The van der Waals surface area contributed by atoms with Crippen molar-refractivity contribution in [3.63, 3.8) is 0 Å². The minimum Gasteiger partial charge on any atom is -0.450 e. The van der Waals surface area contributed by atoms with Gasteiger partial charge in [0.2, 0.25) is 5.91 Å². The number of nitrogens with one attached hydrogen (secondary N) is 1. The Morgan fingerprint density at radius 1 is 1.21 bits per heavy atom. The summed E-state index contributed by atoms with van der Waals surface area (Å²) in [6.45, 7) is 6.02. The lowest BCUT2D eigenvalue weighted by Gasteiger charge is -2.31. The van der Waals surface area contributed by atoms with Crippen LogP contribution in [0.4, 0.5) is 4.79 Å². The molecule has 0 radical (unpaired) electrons. The fourth-order valence-corrected chi connectivity index (χ4v) is 3.82. The summed E-state index contributed by atoms with van der Waals surface area (Å²) in [6.07, 6.45) is 4.31. The van der Waals surface area contributed by atoms with Gasteiger partial charge in [0.15, 0.2) is 5.96 Å². The van der Waals surface area contributed by atoms with Crippen LogP contribution in [-0.4, -0.2) is 98.2 Å². The number of carbonyl (C=O) groups excluding carboxylic acids is 2. The Morgan fingerprint density at radius 2 is 1.93 bits per heavy atom. The van der Waals surface area contributed by atoms with Crippen LogP contribution in [0.15, 0.2) is 4.99 Å². The van der Waals surface area contributed by atoms with E-state index in [9.17, 15) is 9.59 Å². The monoisotopic (exact) mass is 396 g/mol. The molecule has 2 rings (SSSR count). The zero-order valence-electron chi connectivity index (χ0n) is 17.5. The van der Waals surface area contributed by atoms with E-state index in [0.29, 0.717) is 32.2 Å². The van der Waals surface area contributed by atoms with Crippen molar-refractivity contribution in [2.45, 2.75) is 51.1 Å². The number of carbonyl (C=O) groups is 2. The molecule has 3 N–H and O–H groups in total. The summed E-state index contributed by atoms with van der Waals surface area (Å²) in [4.78, 5) is 34.0. The third-order valence-corrected chi connectivity index (χ3v) is 5.35. The van der Waals surface area contributed by atoms with E-state index in [1.807, 2.05) is 21.0 Å². The highest BCUT2D eigenvalue weighted by molar-refractivity contribution is 5.81. The molecule has 9 nitrogen and oxygen atoms in total. The maximum atomic E-state index is 12.2. The van der Waals surface area contributed by atoms with Gasteiger partial charge in [0, 0.05) is 46.3 Å². The molecule has 2 aliphatic heterocycles. The number of hydrogen-bond acceptors (Lipinski definition) is 5. The summed E-state index contributed by atoms with van der Waals surface area (Å²) in [5, 5.41) is 3.26. The number of amides is 2. The molecule has 0 bridgehead atoms. The van der Waals surface area contributed by atoms with Gasteiger partial charge in [-0.3, -0.25) is 14.7 Å². The maximum Gasteiger partial charge on any atom is 0.409 e. The van der Waals surface area contributed by atoms with Gasteiger partial charge in [-0.15, -0.1) is 0 Å². The Hall–Kier alpha value is -2.03. The van der Waals surface area contributed by atoms with Crippen LogP contribution in [0.3, 0.4) is 0 Å². The zero-order valence-corrected chi connectivity index (χ0v) is 17.5. The average Bonchev–Trinajstić information content (AvgIpc) is 3.13. The topological polar surface area (TPSA) is 103 Å². The lowest BCUT2D eigenvalue weighted by Crippen LogP contribution is -2.48. The number of aliphatic imine (C=N–C) groups is 1. The Kier molecular flexibility index (Phi) is 8.82. The third-order valence-electron chi connectivity index (χ3n) is 5.35. The molecule has 2 amide bonds. The molecule has 0 aromatic heterocycles. The quantitative estimate of drug-likeness (QED) is 0.368. The maximum absolute atomic E-state index is 12.2. The van der Waals surface area contributed by atoms with Gasteiger partial charge in [-0.2, -0.15) is 0 Å². The predicted molar refractivity (Wildman–Crippen MR) is 109 cm³/mol. The molecule has 1 atom stereocenters. The van der Waals surface area contributed by atoms with Crippen molar-refractivity contribution in [3.8, 4) is 0 Å². The summed E-state index contributed by atoms with van der Waals surface area (Å²) in [7, 11) is 3.62. The minimum atomic E-state index is -0.240. The first-order chi connectivity index (χ1) is 13.4. The van der Waals surface area contributed by atoms with Gasteiger partial charge in [-0.25, -0.2) is 4.79 Å². The number of likely N-dealkylation sites (tertiary alicyclic amines) is 2. The molecule has 0 aromatic rings. The van der Waals surface area contributed by atoms with E-state index in [-0.39, 0.29) is 24.1 Å². The van der Waals surface area contributed by atoms with Crippen LogP contribution in [-0.2, 0) is 9.53 Å². The van der Waals surface area contributed by atoms with Crippen LogP contribution in [0.25, 0.3) is 0 Å². The van der Waals surface area contributed by atoms with Crippen molar-refractivity contribution in [1.29, 1.82) is 0 Å². The molecule has 0 spiro atoms. The van der Waals surface area contributed by atoms with Crippen molar-refractivity contribution in [2.24, 2.45) is 10.7 Å². The van der Waals surface area contributed by atoms with E-state index in [1.165, 1.54) is 0 Å². The summed E-state index contributed by atoms with van der Waals surface area (Å²) >= 11 is 0. The number of rotatable bonds is 7. The number of ether oxygens (including phenoxy) is 1. The second-order valence-electron chi connectivity index (χ2n) is 7.65. The summed E-state index contributed by atoms with van der Waals surface area (Å²) in [6, 6.07) is 0.245. The van der Waals surface area contributed by atoms with E-state index < -0.39 is 0 Å². The van der Waals surface area contributed by atoms with E-state index in [1.54, 1.807) is 9.80 Å². The summed E-state index contributed by atoms with van der Waals surface area (Å²) in [5.41, 5.74) is 6.02. The fourth-order valence-electron chi connectivity index (χ4n) is 3.82. The summed E-state index contributed by atoms with van der Waals surface area (Å²) in [5.74, 6) is 0.647.